The molecular weight excluding hydrogens is 214 g/mol. The third-order valence-corrected chi connectivity index (χ3v) is 2.67. The van der Waals surface area contributed by atoms with Gasteiger partial charge in [-0.1, -0.05) is 19.8 Å². The average Bonchev–Trinajstić information content (AvgIpc) is 2.37. The van der Waals surface area contributed by atoms with Crippen LogP contribution in [0.25, 0.3) is 0 Å². The Kier molecular flexibility index (Phi) is 6.25. The van der Waals surface area contributed by atoms with Gasteiger partial charge in [-0.2, -0.15) is 0 Å². The van der Waals surface area contributed by atoms with Crippen LogP contribution in [0.2, 0.25) is 0 Å². The summed E-state index contributed by atoms with van der Waals surface area (Å²) >= 11 is 0. The van der Waals surface area contributed by atoms with Gasteiger partial charge >= 0.3 is 0 Å². The van der Waals surface area contributed by atoms with Crippen molar-refractivity contribution in [3.8, 4) is 0 Å². The molecule has 0 aliphatic rings. The Morgan fingerprint density at radius 3 is 2.82 bits per heavy atom. The number of nitrogens with zero attached hydrogens (tertiary/aromatic N) is 1. The fourth-order valence-electron chi connectivity index (χ4n) is 1.57. The third kappa shape index (κ3) is 5.45. The lowest BCUT2D eigenvalue weighted by atomic mass is 10.1. The van der Waals surface area contributed by atoms with Crippen molar-refractivity contribution in [3.05, 3.63) is 30.1 Å². The van der Waals surface area contributed by atoms with Gasteiger partial charge in [0, 0.05) is 18.9 Å². The van der Waals surface area contributed by atoms with E-state index in [4.69, 9.17) is 5.73 Å². The molecule has 0 aromatic carbocycles. The summed E-state index contributed by atoms with van der Waals surface area (Å²) in [6.07, 6.45) is 7.15. The molecule has 1 aromatic heterocycles. The van der Waals surface area contributed by atoms with E-state index in [9.17, 15) is 4.79 Å². The fourth-order valence-corrected chi connectivity index (χ4v) is 1.57. The fraction of sp³-hybridized carbons (Fsp3) is 0.538. The first-order chi connectivity index (χ1) is 8.24. The van der Waals surface area contributed by atoms with Gasteiger partial charge in [0.05, 0.1) is 6.04 Å². The van der Waals surface area contributed by atoms with Gasteiger partial charge in [-0.3, -0.25) is 9.78 Å². The number of amides is 1. The van der Waals surface area contributed by atoms with Crippen LogP contribution >= 0.6 is 0 Å². The molecule has 0 saturated carbocycles. The summed E-state index contributed by atoms with van der Waals surface area (Å²) in [4.78, 5) is 15.5. The summed E-state index contributed by atoms with van der Waals surface area (Å²) in [6.45, 7) is 2.72. The van der Waals surface area contributed by atoms with E-state index in [2.05, 4.69) is 17.2 Å². The largest absolute Gasteiger partial charge is 0.354 e. The topological polar surface area (TPSA) is 68.0 Å². The predicted octanol–water partition coefficient (Wildman–Crippen LogP) is 1.26. The number of nitrogens with two attached hydrogens (primary N) is 1. The number of rotatable bonds is 7. The van der Waals surface area contributed by atoms with Crippen molar-refractivity contribution in [1.82, 2.24) is 10.3 Å². The van der Waals surface area contributed by atoms with Gasteiger partial charge in [-0.25, -0.2) is 0 Å². The first-order valence-corrected chi connectivity index (χ1v) is 6.16. The van der Waals surface area contributed by atoms with Crippen molar-refractivity contribution in [1.29, 1.82) is 0 Å². The second-order valence-electron chi connectivity index (χ2n) is 4.15. The zero-order chi connectivity index (χ0) is 12.5. The third-order valence-electron chi connectivity index (χ3n) is 2.67. The number of nitrogens with one attached hydrogen (secondary N) is 1. The van der Waals surface area contributed by atoms with Gasteiger partial charge in [-0.15, -0.1) is 0 Å². The molecule has 1 heterocycles. The second kappa shape index (κ2) is 7.79. The Morgan fingerprint density at radius 2 is 2.18 bits per heavy atom. The molecule has 1 rings (SSSR count). The molecule has 0 aliphatic carbocycles. The molecule has 94 valence electrons. The van der Waals surface area contributed by atoms with Crippen molar-refractivity contribution in [2.24, 2.45) is 5.73 Å². The highest BCUT2D eigenvalue weighted by Crippen LogP contribution is 1.99. The quantitative estimate of drug-likeness (QED) is 0.747. The minimum absolute atomic E-state index is 0.0486. The van der Waals surface area contributed by atoms with Crippen LogP contribution in [0, 0.1) is 0 Å². The first kappa shape index (κ1) is 13.6. The zero-order valence-electron chi connectivity index (χ0n) is 10.4. The van der Waals surface area contributed by atoms with E-state index in [1.54, 1.807) is 12.4 Å². The van der Waals surface area contributed by atoms with Crippen LogP contribution < -0.4 is 11.1 Å². The maximum atomic E-state index is 11.6. The standard InChI is InChI=1S/C13H21N3O/c1-2-3-4-12(14)13(17)16-10-7-11-5-8-15-9-6-11/h5-6,8-9,12H,2-4,7,10,14H2,1H3,(H,16,17). The molecular formula is C13H21N3O. The van der Waals surface area contributed by atoms with Crippen molar-refractivity contribution in [2.45, 2.75) is 38.6 Å². The van der Waals surface area contributed by atoms with E-state index >= 15 is 0 Å². The number of pyridine rings is 1. The summed E-state index contributed by atoms with van der Waals surface area (Å²) < 4.78 is 0. The SMILES string of the molecule is CCCCC(N)C(=O)NCCc1ccncc1. The number of hydrogen-bond donors (Lipinski definition) is 2. The Hall–Kier alpha value is -1.42. The summed E-state index contributed by atoms with van der Waals surface area (Å²) in [6, 6.07) is 3.53. The lowest BCUT2D eigenvalue weighted by Crippen LogP contribution is -2.41. The maximum Gasteiger partial charge on any atom is 0.236 e. The molecule has 4 nitrogen and oxygen atoms in total. The maximum absolute atomic E-state index is 11.6. The summed E-state index contributed by atoms with van der Waals surface area (Å²) in [5.41, 5.74) is 6.93. The number of aromatic nitrogens is 1. The highest BCUT2D eigenvalue weighted by atomic mass is 16.2. The van der Waals surface area contributed by atoms with Crippen LogP contribution in [0.4, 0.5) is 0 Å². The Balaban J connectivity index is 2.20. The number of carbonyl (C=O) groups is 1. The Labute approximate surface area is 103 Å². The lowest BCUT2D eigenvalue weighted by Gasteiger charge is -2.11. The van der Waals surface area contributed by atoms with E-state index in [-0.39, 0.29) is 11.9 Å². The Morgan fingerprint density at radius 1 is 1.47 bits per heavy atom. The van der Waals surface area contributed by atoms with E-state index in [0.29, 0.717) is 6.54 Å². The molecule has 0 radical (unpaired) electrons. The molecule has 1 aromatic rings. The smallest absolute Gasteiger partial charge is 0.236 e. The van der Waals surface area contributed by atoms with Crippen molar-refractivity contribution < 1.29 is 4.79 Å². The summed E-state index contributed by atoms with van der Waals surface area (Å²) in [5, 5.41) is 2.86. The lowest BCUT2D eigenvalue weighted by molar-refractivity contribution is -0.122. The number of carbonyl (C=O) groups excluding carboxylic acids is 1. The average molecular weight is 235 g/mol. The molecule has 3 N–H and O–H groups in total. The van der Waals surface area contributed by atoms with Gasteiger partial charge in [0.1, 0.15) is 0 Å². The van der Waals surface area contributed by atoms with Crippen molar-refractivity contribution in [3.63, 3.8) is 0 Å². The molecule has 0 fully saturated rings. The zero-order valence-corrected chi connectivity index (χ0v) is 10.4. The molecule has 17 heavy (non-hydrogen) atoms. The van der Waals surface area contributed by atoms with Gasteiger partial charge in [0.25, 0.3) is 0 Å². The van der Waals surface area contributed by atoms with Crippen LogP contribution in [0.5, 0.6) is 0 Å². The minimum Gasteiger partial charge on any atom is -0.354 e. The van der Waals surface area contributed by atoms with Crippen LogP contribution in [-0.2, 0) is 11.2 Å². The minimum atomic E-state index is -0.368. The van der Waals surface area contributed by atoms with E-state index in [1.165, 1.54) is 5.56 Å². The van der Waals surface area contributed by atoms with E-state index < -0.39 is 0 Å². The van der Waals surface area contributed by atoms with Crippen LogP contribution in [0.3, 0.4) is 0 Å². The number of hydrogen-bond acceptors (Lipinski definition) is 3. The second-order valence-corrected chi connectivity index (χ2v) is 4.15. The van der Waals surface area contributed by atoms with Gasteiger partial charge in [0.2, 0.25) is 5.91 Å². The molecule has 4 heteroatoms. The van der Waals surface area contributed by atoms with E-state index in [0.717, 1.165) is 25.7 Å². The summed E-state index contributed by atoms with van der Waals surface area (Å²) in [5.74, 6) is -0.0486. The molecule has 0 saturated heterocycles. The van der Waals surface area contributed by atoms with Gasteiger partial charge in [0.15, 0.2) is 0 Å². The number of unbranched alkanes of at least 4 members (excludes halogenated alkanes) is 1. The predicted molar refractivity (Wildman–Crippen MR) is 68.5 cm³/mol. The molecule has 1 atom stereocenters. The van der Waals surface area contributed by atoms with Crippen molar-refractivity contribution in [2.75, 3.05) is 6.54 Å². The van der Waals surface area contributed by atoms with E-state index in [1.807, 2.05) is 12.1 Å². The first-order valence-electron chi connectivity index (χ1n) is 6.16. The van der Waals surface area contributed by atoms with Crippen LogP contribution in [0.15, 0.2) is 24.5 Å². The monoisotopic (exact) mass is 235 g/mol. The highest BCUT2D eigenvalue weighted by Gasteiger charge is 2.11. The highest BCUT2D eigenvalue weighted by molar-refractivity contribution is 5.81. The molecule has 0 bridgehead atoms. The molecule has 0 aliphatic heterocycles. The molecule has 1 unspecified atom stereocenters. The summed E-state index contributed by atoms with van der Waals surface area (Å²) in [7, 11) is 0. The van der Waals surface area contributed by atoms with Gasteiger partial charge < -0.3 is 11.1 Å². The molecule has 0 spiro atoms. The van der Waals surface area contributed by atoms with Crippen LogP contribution in [-0.4, -0.2) is 23.5 Å². The van der Waals surface area contributed by atoms with Crippen LogP contribution in [0.1, 0.15) is 31.7 Å². The van der Waals surface area contributed by atoms with Crippen molar-refractivity contribution >= 4 is 5.91 Å². The normalized spacial score (nSPS) is 12.1. The van der Waals surface area contributed by atoms with Gasteiger partial charge in [-0.05, 0) is 30.5 Å². The molecule has 1 amide bonds. The Bertz CT molecular complexity index is 327.